The second-order valence-electron chi connectivity index (χ2n) is 3.99. The molecule has 5 nitrogen and oxygen atoms in total. The Morgan fingerprint density at radius 1 is 1.44 bits per heavy atom. The third-order valence-corrected chi connectivity index (χ3v) is 2.73. The number of hydrogen-bond donors (Lipinski definition) is 0. The number of hydrogen-bond acceptors (Lipinski definition) is 4. The Hall–Kier alpha value is -1.91. The molecule has 0 aliphatic rings. The number of rotatable bonds is 6. The quantitative estimate of drug-likeness (QED) is 0.575. The average molecular weight is 251 g/mol. The summed E-state index contributed by atoms with van der Waals surface area (Å²) >= 11 is 0. The van der Waals surface area contributed by atoms with Crippen LogP contribution in [0, 0.1) is 10.1 Å². The van der Waals surface area contributed by atoms with Crippen LogP contribution in [0.25, 0.3) is 0 Å². The first-order chi connectivity index (χ1) is 8.49. The summed E-state index contributed by atoms with van der Waals surface area (Å²) in [4.78, 5) is 21.9. The number of nitro groups is 1. The smallest absolute Gasteiger partial charge is 0.311 e. The largest absolute Gasteiger partial charge is 0.476 e. The minimum atomic E-state index is -0.666. The molecule has 0 radical (unpaired) electrons. The van der Waals surface area contributed by atoms with Crippen molar-refractivity contribution in [2.24, 2.45) is 0 Å². The molecule has 0 fully saturated rings. The van der Waals surface area contributed by atoms with E-state index in [4.69, 9.17) is 4.74 Å². The standard InChI is InChI=1S/C13H17NO4/c1-4-10-6-7-13(11(8-10)14(16)17)18-9(3)12(15)5-2/h6-9H,4-5H2,1-3H3. The van der Waals surface area contributed by atoms with E-state index >= 15 is 0 Å². The third kappa shape index (κ3) is 3.29. The summed E-state index contributed by atoms with van der Waals surface area (Å²) in [7, 11) is 0. The van der Waals surface area contributed by atoms with Gasteiger partial charge in [0.25, 0.3) is 0 Å². The first-order valence-corrected chi connectivity index (χ1v) is 5.96. The van der Waals surface area contributed by atoms with Crippen LogP contribution in [-0.2, 0) is 11.2 Å². The number of Topliss-reactive ketones (excluding diaryl/α,β-unsaturated/α-hetero) is 1. The van der Waals surface area contributed by atoms with Gasteiger partial charge >= 0.3 is 5.69 Å². The van der Waals surface area contributed by atoms with E-state index in [1.165, 1.54) is 6.07 Å². The molecule has 1 atom stereocenters. The summed E-state index contributed by atoms with van der Waals surface area (Å²) in [6.07, 6.45) is 0.396. The molecule has 0 heterocycles. The lowest BCUT2D eigenvalue weighted by Gasteiger charge is -2.13. The monoisotopic (exact) mass is 251 g/mol. The molecular formula is C13H17NO4. The van der Waals surface area contributed by atoms with Crippen LogP contribution in [0.4, 0.5) is 5.69 Å². The molecule has 0 bridgehead atoms. The van der Waals surface area contributed by atoms with Crippen LogP contribution in [0.1, 0.15) is 32.8 Å². The van der Waals surface area contributed by atoms with Crippen molar-refractivity contribution >= 4 is 11.5 Å². The molecule has 0 N–H and O–H groups in total. The molecule has 1 aromatic rings. The SMILES string of the molecule is CCC(=O)C(C)Oc1ccc(CC)cc1[N+](=O)[O-]. The number of nitrogens with zero attached hydrogens (tertiary/aromatic N) is 1. The van der Waals surface area contributed by atoms with E-state index < -0.39 is 11.0 Å². The van der Waals surface area contributed by atoms with Crippen LogP contribution < -0.4 is 4.74 Å². The van der Waals surface area contributed by atoms with E-state index in [9.17, 15) is 14.9 Å². The Balaban J connectivity index is 3.01. The molecule has 1 aromatic carbocycles. The molecule has 5 heteroatoms. The van der Waals surface area contributed by atoms with Crippen molar-refractivity contribution in [2.75, 3.05) is 0 Å². The fourth-order valence-corrected chi connectivity index (χ4v) is 1.57. The maximum atomic E-state index is 11.4. The Labute approximate surface area is 106 Å². The van der Waals surface area contributed by atoms with Crippen LogP contribution in [-0.4, -0.2) is 16.8 Å². The minimum absolute atomic E-state index is 0.0798. The number of nitro benzene ring substituents is 1. The molecule has 0 spiro atoms. The molecule has 0 aliphatic carbocycles. The van der Waals surface area contributed by atoms with Gasteiger partial charge in [0.05, 0.1) is 4.92 Å². The Kier molecular flexibility index (Phi) is 4.83. The van der Waals surface area contributed by atoms with Crippen LogP contribution in [0.5, 0.6) is 5.75 Å². The molecule has 0 amide bonds. The molecule has 0 aromatic heterocycles. The maximum Gasteiger partial charge on any atom is 0.311 e. The number of carbonyl (C=O) groups is 1. The number of aryl methyl sites for hydroxylation is 1. The van der Waals surface area contributed by atoms with Gasteiger partial charge in [0, 0.05) is 12.5 Å². The van der Waals surface area contributed by atoms with Crippen molar-refractivity contribution in [1.29, 1.82) is 0 Å². The number of carbonyl (C=O) groups excluding carboxylic acids is 1. The van der Waals surface area contributed by atoms with E-state index in [-0.39, 0.29) is 17.2 Å². The van der Waals surface area contributed by atoms with Crippen molar-refractivity contribution in [3.05, 3.63) is 33.9 Å². The van der Waals surface area contributed by atoms with Crippen LogP contribution in [0.3, 0.4) is 0 Å². The lowest BCUT2D eigenvalue weighted by molar-refractivity contribution is -0.386. The van der Waals surface area contributed by atoms with Gasteiger partial charge < -0.3 is 4.74 Å². The van der Waals surface area contributed by atoms with Gasteiger partial charge in [-0.15, -0.1) is 0 Å². The van der Waals surface area contributed by atoms with Crippen LogP contribution >= 0.6 is 0 Å². The predicted molar refractivity (Wildman–Crippen MR) is 67.9 cm³/mol. The summed E-state index contributed by atoms with van der Waals surface area (Å²) in [5.74, 6) is 0.0652. The zero-order chi connectivity index (χ0) is 13.7. The normalized spacial score (nSPS) is 11.9. The lowest BCUT2D eigenvalue weighted by Crippen LogP contribution is -2.23. The van der Waals surface area contributed by atoms with Gasteiger partial charge in [-0.1, -0.05) is 19.9 Å². The molecule has 0 aliphatic heterocycles. The molecular weight excluding hydrogens is 234 g/mol. The van der Waals surface area contributed by atoms with E-state index in [0.29, 0.717) is 12.8 Å². The zero-order valence-electron chi connectivity index (χ0n) is 10.8. The molecule has 1 rings (SSSR count). The number of ether oxygens (including phenoxy) is 1. The van der Waals surface area contributed by atoms with Crippen molar-refractivity contribution in [1.82, 2.24) is 0 Å². The van der Waals surface area contributed by atoms with Crippen molar-refractivity contribution < 1.29 is 14.5 Å². The highest BCUT2D eigenvalue weighted by atomic mass is 16.6. The van der Waals surface area contributed by atoms with Gasteiger partial charge in [0.15, 0.2) is 17.6 Å². The van der Waals surface area contributed by atoms with Crippen LogP contribution in [0.2, 0.25) is 0 Å². The van der Waals surface area contributed by atoms with Gasteiger partial charge in [0.1, 0.15) is 0 Å². The highest BCUT2D eigenvalue weighted by molar-refractivity contribution is 5.82. The number of ketones is 1. The van der Waals surface area contributed by atoms with Gasteiger partial charge in [-0.25, -0.2) is 0 Å². The average Bonchev–Trinajstić information content (AvgIpc) is 2.37. The highest BCUT2D eigenvalue weighted by Gasteiger charge is 2.20. The lowest BCUT2D eigenvalue weighted by atomic mass is 10.1. The summed E-state index contributed by atoms with van der Waals surface area (Å²) < 4.78 is 5.37. The predicted octanol–water partition coefficient (Wildman–Crippen LogP) is 2.90. The van der Waals surface area contributed by atoms with Gasteiger partial charge in [0.2, 0.25) is 0 Å². The first kappa shape index (κ1) is 14.2. The van der Waals surface area contributed by atoms with Crippen molar-refractivity contribution in [2.45, 2.75) is 39.7 Å². The second kappa shape index (κ2) is 6.14. The van der Waals surface area contributed by atoms with Crippen molar-refractivity contribution in [3.8, 4) is 5.75 Å². The number of benzene rings is 1. The van der Waals surface area contributed by atoms with Crippen LogP contribution in [0.15, 0.2) is 18.2 Å². The zero-order valence-corrected chi connectivity index (χ0v) is 10.8. The second-order valence-corrected chi connectivity index (χ2v) is 3.99. The molecule has 98 valence electrons. The summed E-state index contributed by atoms with van der Waals surface area (Å²) in [6, 6.07) is 4.81. The Morgan fingerprint density at radius 2 is 2.11 bits per heavy atom. The van der Waals surface area contributed by atoms with Gasteiger partial charge in [-0.2, -0.15) is 0 Å². The molecule has 18 heavy (non-hydrogen) atoms. The fourth-order valence-electron chi connectivity index (χ4n) is 1.57. The summed E-state index contributed by atoms with van der Waals surface area (Å²) in [5.41, 5.74) is 0.772. The van der Waals surface area contributed by atoms with E-state index in [0.717, 1.165) is 5.56 Å². The van der Waals surface area contributed by atoms with Crippen molar-refractivity contribution in [3.63, 3.8) is 0 Å². The molecule has 0 saturated heterocycles. The van der Waals surface area contributed by atoms with E-state index in [1.54, 1.807) is 26.0 Å². The third-order valence-electron chi connectivity index (χ3n) is 2.73. The van der Waals surface area contributed by atoms with Gasteiger partial charge in [-0.05, 0) is 25.0 Å². The molecule has 0 saturated carbocycles. The highest BCUT2D eigenvalue weighted by Crippen LogP contribution is 2.29. The fraction of sp³-hybridized carbons (Fsp3) is 0.462. The topological polar surface area (TPSA) is 69.4 Å². The molecule has 1 unspecified atom stereocenters. The van der Waals surface area contributed by atoms with Gasteiger partial charge in [-0.3, -0.25) is 14.9 Å². The first-order valence-electron chi connectivity index (χ1n) is 5.96. The minimum Gasteiger partial charge on any atom is -0.476 e. The van der Waals surface area contributed by atoms with E-state index in [2.05, 4.69) is 0 Å². The summed E-state index contributed by atoms with van der Waals surface area (Å²) in [5, 5.41) is 11.0. The maximum absolute atomic E-state index is 11.4. The Morgan fingerprint density at radius 3 is 2.61 bits per heavy atom. The van der Waals surface area contributed by atoms with E-state index in [1.807, 2.05) is 6.92 Å². The summed E-state index contributed by atoms with van der Waals surface area (Å²) in [6.45, 7) is 5.25. The Bertz CT molecular complexity index is 456.